The third-order valence-corrected chi connectivity index (χ3v) is 4.27. The molecule has 2 aromatic rings. The van der Waals surface area contributed by atoms with E-state index in [2.05, 4.69) is 21.2 Å². The first-order valence-corrected chi connectivity index (χ1v) is 7.35. The highest BCUT2D eigenvalue weighted by atomic mass is 79.9. The number of aliphatic hydroxyl groups is 1. The first-order valence-electron chi connectivity index (χ1n) is 5.75. The molecule has 0 fully saturated rings. The third-order valence-electron chi connectivity index (χ3n) is 2.65. The van der Waals surface area contributed by atoms with Crippen LogP contribution in [-0.2, 0) is 16.8 Å². The van der Waals surface area contributed by atoms with E-state index in [4.69, 9.17) is 4.42 Å². The Bertz CT molecular complexity index is 548. The number of furan rings is 1. The second-order valence-electron chi connectivity index (χ2n) is 4.41. The predicted octanol–water partition coefficient (Wildman–Crippen LogP) is 2.67. The van der Waals surface area contributed by atoms with Gasteiger partial charge in [0.05, 0.1) is 23.0 Å². The Hall–Kier alpha value is -1.11. The molecule has 1 atom stereocenters. The van der Waals surface area contributed by atoms with Crippen molar-refractivity contribution in [2.75, 3.05) is 6.54 Å². The number of hydrogen-bond donors (Lipinski definition) is 2. The topological polar surface area (TPSA) is 62.5 Å². The number of carbonyl (C=O) groups excluding carboxylic acids is 1. The maximum absolute atomic E-state index is 11.8. The first kappa shape index (κ1) is 14.3. The zero-order valence-corrected chi connectivity index (χ0v) is 12.8. The van der Waals surface area contributed by atoms with Gasteiger partial charge in [0.1, 0.15) is 11.4 Å². The van der Waals surface area contributed by atoms with Gasteiger partial charge in [0.2, 0.25) is 5.91 Å². The Morgan fingerprint density at radius 3 is 2.89 bits per heavy atom. The zero-order chi connectivity index (χ0) is 13.9. The van der Waals surface area contributed by atoms with Crippen LogP contribution in [0.25, 0.3) is 0 Å². The third kappa shape index (κ3) is 3.92. The molecule has 2 rings (SSSR count). The summed E-state index contributed by atoms with van der Waals surface area (Å²) in [6.07, 6.45) is 1.80. The molecular weight excluding hydrogens is 330 g/mol. The van der Waals surface area contributed by atoms with Gasteiger partial charge in [-0.25, -0.2) is 0 Å². The van der Waals surface area contributed by atoms with E-state index in [1.54, 1.807) is 19.1 Å². The van der Waals surface area contributed by atoms with Gasteiger partial charge >= 0.3 is 0 Å². The largest absolute Gasteiger partial charge is 0.466 e. The monoisotopic (exact) mass is 343 g/mol. The summed E-state index contributed by atoms with van der Waals surface area (Å²) in [5, 5.41) is 12.9. The molecule has 4 nitrogen and oxygen atoms in total. The van der Waals surface area contributed by atoms with E-state index in [1.165, 1.54) is 17.6 Å². The van der Waals surface area contributed by atoms with Crippen molar-refractivity contribution < 1.29 is 14.3 Å². The Balaban J connectivity index is 1.87. The number of amides is 1. The molecule has 0 radical (unpaired) electrons. The van der Waals surface area contributed by atoms with Crippen molar-refractivity contribution in [1.29, 1.82) is 0 Å². The predicted molar refractivity (Wildman–Crippen MR) is 77.0 cm³/mol. The molecule has 0 bridgehead atoms. The summed E-state index contributed by atoms with van der Waals surface area (Å²) in [4.78, 5) is 12.8. The normalized spacial score (nSPS) is 14.1. The molecule has 0 aliphatic carbocycles. The SMILES string of the molecule is C[C@@](O)(CNC(=O)Cc1ccc(Br)s1)c1ccco1. The number of rotatable bonds is 5. The van der Waals surface area contributed by atoms with Crippen LogP contribution in [0.4, 0.5) is 0 Å². The average Bonchev–Trinajstić information content (AvgIpc) is 2.98. The standard InChI is InChI=1S/C13H14BrNO3S/c1-13(17,10-3-2-6-18-10)8-15-12(16)7-9-4-5-11(14)19-9/h2-6,17H,7-8H2,1H3,(H,15,16)/t13-/m1/s1. The fourth-order valence-corrected chi connectivity index (χ4v) is 3.09. The van der Waals surface area contributed by atoms with Crippen LogP contribution in [0.3, 0.4) is 0 Å². The van der Waals surface area contributed by atoms with Gasteiger partial charge in [-0.1, -0.05) is 0 Å². The smallest absolute Gasteiger partial charge is 0.225 e. The van der Waals surface area contributed by atoms with Crippen LogP contribution >= 0.6 is 27.3 Å². The van der Waals surface area contributed by atoms with E-state index in [1.807, 2.05) is 12.1 Å². The van der Waals surface area contributed by atoms with E-state index >= 15 is 0 Å². The van der Waals surface area contributed by atoms with Gasteiger partial charge in [-0.3, -0.25) is 4.79 Å². The summed E-state index contributed by atoms with van der Waals surface area (Å²) >= 11 is 4.88. The average molecular weight is 344 g/mol. The van der Waals surface area contributed by atoms with Crippen LogP contribution in [0.5, 0.6) is 0 Å². The molecule has 0 spiro atoms. The minimum absolute atomic E-state index is 0.117. The maximum Gasteiger partial charge on any atom is 0.225 e. The van der Waals surface area contributed by atoms with Crippen LogP contribution < -0.4 is 5.32 Å². The van der Waals surface area contributed by atoms with Gasteiger partial charge in [0.25, 0.3) is 0 Å². The number of carbonyl (C=O) groups is 1. The molecule has 0 aliphatic heterocycles. The molecule has 2 aromatic heterocycles. The molecule has 2 heterocycles. The summed E-state index contributed by atoms with van der Waals surface area (Å²) in [6, 6.07) is 7.20. The van der Waals surface area contributed by atoms with Crippen molar-refractivity contribution in [2.24, 2.45) is 0 Å². The Morgan fingerprint density at radius 1 is 1.53 bits per heavy atom. The summed E-state index contributed by atoms with van der Waals surface area (Å²) in [5.74, 6) is 0.313. The zero-order valence-electron chi connectivity index (χ0n) is 10.4. The van der Waals surface area contributed by atoms with Gasteiger partial charge in [-0.15, -0.1) is 11.3 Å². The highest BCUT2D eigenvalue weighted by Crippen LogP contribution is 2.23. The van der Waals surface area contributed by atoms with E-state index in [-0.39, 0.29) is 12.5 Å². The lowest BCUT2D eigenvalue weighted by atomic mass is 10.0. The van der Waals surface area contributed by atoms with Gasteiger partial charge in [-0.2, -0.15) is 0 Å². The van der Waals surface area contributed by atoms with Crippen LogP contribution in [0, 0.1) is 0 Å². The van der Waals surface area contributed by atoms with Crippen molar-refractivity contribution in [3.8, 4) is 0 Å². The van der Waals surface area contributed by atoms with Crippen molar-refractivity contribution in [1.82, 2.24) is 5.32 Å². The van der Waals surface area contributed by atoms with E-state index in [9.17, 15) is 9.90 Å². The number of thiophene rings is 1. The number of hydrogen-bond acceptors (Lipinski definition) is 4. The molecule has 0 unspecified atom stereocenters. The molecule has 6 heteroatoms. The first-order chi connectivity index (χ1) is 8.97. The van der Waals surface area contributed by atoms with Crippen LogP contribution in [-0.4, -0.2) is 17.6 Å². The lowest BCUT2D eigenvalue weighted by Gasteiger charge is -2.21. The lowest BCUT2D eigenvalue weighted by Crippen LogP contribution is -2.38. The minimum Gasteiger partial charge on any atom is -0.466 e. The van der Waals surface area contributed by atoms with E-state index in [0.717, 1.165) is 8.66 Å². The summed E-state index contributed by atoms with van der Waals surface area (Å²) < 4.78 is 6.14. The molecular formula is C13H14BrNO3S. The van der Waals surface area contributed by atoms with Gasteiger partial charge in [0.15, 0.2) is 0 Å². The van der Waals surface area contributed by atoms with E-state index < -0.39 is 5.60 Å². The van der Waals surface area contributed by atoms with Crippen LogP contribution in [0.2, 0.25) is 0 Å². The fourth-order valence-electron chi connectivity index (χ4n) is 1.61. The van der Waals surface area contributed by atoms with Gasteiger partial charge in [0, 0.05) is 4.88 Å². The molecule has 0 saturated carbocycles. The molecule has 2 N–H and O–H groups in total. The number of halogens is 1. The molecule has 102 valence electrons. The minimum atomic E-state index is -1.20. The lowest BCUT2D eigenvalue weighted by molar-refractivity contribution is -0.121. The van der Waals surface area contributed by atoms with Crippen molar-refractivity contribution in [3.05, 3.63) is 45.0 Å². The van der Waals surface area contributed by atoms with Gasteiger partial charge < -0.3 is 14.8 Å². The van der Waals surface area contributed by atoms with E-state index in [0.29, 0.717) is 12.2 Å². The summed E-state index contributed by atoms with van der Waals surface area (Å²) in [6.45, 7) is 1.72. The number of nitrogens with one attached hydrogen (secondary N) is 1. The molecule has 0 aromatic carbocycles. The summed E-state index contributed by atoms with van der Waals surface area (Å²) in [7, 11) is 0. The molecule has 1 amide bonds. The molecule has 19 heavy (non-hydrogen) atoms. The van der Waals surface area contributed by atoms with Crippen molar-refractivity contribution in [3.63, 3.8) is 0 Å². The van der Waals surface area contributed by atoms with Gasteiger partial charge in [-0.05, 0) is 47.1 Å². The Kier molecular flexibility index (Phi) is 4.44. The fraction of sp³-hybridized carbons (Fsp3) is 0.308. The van der Waals surface area contributed by atoms with Crippen LogP contribution in [0.1, 0.15) is 17.6 Å². The Labute approximate surface area is 123 Å². The second kappa shape index (κ2) is 5.90. The highest BCUT2D eigenvalue weighted by Gasteiger charge is 2.26. The molecule has 0 aliphatic rings. The Morgan fingerprint density at radius 2 is 2.32 bits per heavy atom. The second-order valence-corrected chi connectivity index (χ2v) is 6.96. The molecule has 0 saturated heterocycles. The van der Waals surface area contributed by atoms with Crippen LogP contribution in [0.15, 0.2) is 38.7 Å². The van der Waals surface area contributed by atoms with Crippen molar-refractivity contribution in [2.45, 2.75) is 18.9 Å². The maximum atomic E-state index is 11.8. The van der Waals surface area contributed by atoms with Crippen molar-refractivity contribution >= 4 is 33.2 Å². The highest BCUT2D eigenvalue weighted by molar-refractivity contribution is 9.11. The summed E-state index contributed by atoms with van der Waals surface area (Å²) in [5.41, 5.74) is -1.20. The quantitative estimate of drug-likeness (QED) is 0.877.